The number of carbonyl (C=O) groups is 1. The summed E-state index contributed by atoms with van der Waals surface area (Å²) in [5.41, 5.74) is 3.10. The Morgan fingerprint density at radius 3 is 2.56 bits per heavy atom. The maximum absolute atomic E-state index is 11.9. The summed E-state index contributed by atoms with van der Waals surface area (Å²) in [7, 11) is 0. The number of hydrogen-bond donors (Lipinski definition) is 1. The van der Waals surface area contributed by atoms with Crippen LogP contribution >= 0.6 is 27.3 Å². The molecule has 2 aromatic rings. The molecule has 0 aliphatic carbocycles. The zero-order chi connectivity index (χ0) is 13.0. The fraction of sp³-hybridized carbons (Fsp3) is 0.214. The second-order valence-corrected chi connectivity index (χ2v) is 5.60. The van der Waals surface area contributed by atoms with Crippen LogP contribution in [0.4, 0.5) is 0 Å². The van der Waals surface area contributed by atoms with Crippen molar-refractivity contribution in [3.8, 4) is 0 Å². The Morgan fingerprint density at radius 1 is 1.28 bits per heavy atom. The van der Waals surface area contributed by atoms with Crippen molar-refractivity contribution >= 4 is 33.2 Å². The van der Waals surface area contributed by atoms with Gasteiger partial charge in [0.05, 0.1) is 6.54 Å². The van der Waals surface area contributed by atoms with Crippen LogP contribution in [0.15, 0.2) is 35.7 Å². The number of alkyl halides is 1. The van der Waals surface area contributed by atoms with E-state index in [1.54, 1.807) is 11.3 Å². The second kappa shape index (κ2) is 6.16. The molecule has 0 aliphatic rings. The molecule has 1 heterocycles. The first-order chi connectivity index (χ1) is 8.70. The first kappa shape index (κ1) is 13.3. The van der Waals surface area contributed by atoms with E-state index < -0.39 is 0 Å². The number of carbonyl (C=O) groups excluding carboxylic acids is 1. The van der Waals surface area contributed by atoms with E-state index in [1.165, 1.54) is 16.0 Å². The van der Waals surface area contributed by atoms with Gasteiger partial charge in [-0.25, -0.2) is 0 Å². The van der Waals surface area contributed by atoms with E-state index in [0.29, 0.717) is 12.1 Å². The second-order valence-electron chi connectivity index (χ2n) is 4.04. The Hall–Kier alpha value is -1.13. The zero-order valence-electron chi connectivity index (χ0n) is 10.1. The minimum atomic E-state index is -0.0241. The fourth-order valence-electron chi connectivity index (χ4n) is 1.59. The van der Waals surface area contributed by atoms with Gasteiger partial charge in [0.25, 0.3) is 5.91 Å². The van der Waals surface area contributed by atoms with Gasteiger partial charge in [0.2, 0.25) is 0 Å². The van der Waals surface area contributed by atoms with E-state index >= 15 is 0 Å². The van der Waals surface area contributed by atoms with Crippen molar-refractivity contribution in [2.24, 2.45) is 0 Å². The highest BCUT2D eigenvalue weighted by molar-refractivity contribution is 9.08. The fourth-order valence-corrected chi connectivity index (χ4v) is 2.81. The standard InChI is InChI=1S/C14H14BrNOS/c1-10-6-7-18-13(10)9-16-14(17)12-4-2-11(8-15)3-5-12/h2-7H,8-9H2,1H3,(H,16,17). The van der Waals surface area contributed by atoms with Crippen molar-refractivity contribution in [2.45, 2.75) is 18.8 Å². The summed E-state index contributed by atoms with van der Waals surface area (Å²) in [4.78, 5) is 13.1. The first-order valence-electron chi connectivity index (χ1n) is 5.67. The van der Waals surface area contributed by atoms with Crippen molar-refractivity contribution in [1.29, 1.82) is 0 Å². The molecule has 94 valence electrons. The molecule has 0 bridgehead atoms. The van der Waals surface area contributed by atoms with Crippen molar-refractivity contribution in [1.82, 2.24) is 5.32 Å². The maximum atomic E-state index is 11.9. The number of halogens is 1. The van der Waals surface area contributed by atoms with E-state index in [1.807, 2.05) is 29.6 Å². The average Bonchev–Trinajstić information content (AvgIpc) is 2.81. The molecule has 2 rings (SSSR count). The lowest BCUT2D eigenvalue weighted by molar-refractivity contribution is 0.0951. The zero-order valence-corrected chi connectivity index (χ0v) is 12.5. The third-order valence-electron chi connectivity index (χ3n) is 2.75. The lowest BCUT2D eigenvalue weighted by atomic mass is 10.1. The molecule has 0 unspecified atom stereocenters. The third-order valence-corrected chi connectivity index (χ3v) is 4.42. The van der Waals surface area contributed by atoms with Gasteiger partial charge >= 0.3 is 0 Å². The van der Waals surface area contributed by atoms with Gasteiger partial charge in [-0.15, -0.1) is 11.3 Å². The molecule has 0 saturated heterocycles. The van der Waals surface area contributed by atoms with Gasteiger partial charge in [-0.1, -0.05) is 28.1 Å². The highest BCUT2D eigenvalue weighted by atomic mass is 79.9. The van der Waals surface area contributed by atoms with Crippen LogP contribution in [0.1, 0.15) is 26.4 Å². The molecule has 2 nitrogen and oxygen atoms in total. The molecule has 0 radical (unpaired) electrons. The monoisotopic (exact) mass is 323 g/mol. The highest BCUT2D eigenvalue weighted by Crippen LogP contribution is 2.15. The molecule has 1 aromatic carbocycles. The maximum Gasteiger partial charge on any atom is 0.251 e. The van der Waals surface area contributed by atoms with Crippen LogP contribution < -0.4 is 5.32 Å². The minimum Gasteiger partial charge on any atom is -0.347 e. The lowest BCUT2D eigenvalue weighted by Gasteiger charge is -2.05. The molecule has 4 heteroatoms. The molecule has 0 spiro atoms. The van der Waals surface area contributed by atoms with Gasteiger partial charge < -0.3 is 5.32 Å². The topological polar surface area (TPSA) is 29.1 Å². The Kier molecular flexibility index (Phi) is 4.55. The van der Waals surface area contributed by atoms with E-state index in [0.717, 1.165) is 5.33 Å². The van der Waals surface area contributed by atoms with Crippen LogP contribution in [0, 0.1) is 6.92 Å². The Bertz CT molecular complexity index is 533. The van der Waals surface area contributed by atoms with Crippen LogP contribution in [0.5, 0.6) is 0 Å². The van der Waals surface area contributed by atoms with Crippen molar-refractivity contribution in [2.75, 3.05) is 0 Å². The predicted molar refractivity (Wildman–Crippen MR) is 79.3 cm³/mol. The lowest BCUT2D eigenvalue weighted by Crippen LogP contribution is -2.22. The summed E-state index contributed by atoms with van der Waals surface area (Å²) in [5.74, 6) is -0.0241. The quantitative estimate of drug-likeness (QED) is 0.850. The van der Waals surface area contributed by atoms with E-state index in [-0.39, 0.29) is 5.91 Å². The van der Waals surface area contributed by atoms with Gasteiger partial charge in [-0.3, -0.25) is 4.79 Å². The molecule has 1 aromatic heterocycles. The number of aryl methyl sites for hydroxylation is 1. The summed E-state index contributed by atoms with van der Waals surface area (Å²) in [6, 6.07) is 9.69. The summed E-state index contributed by atoms with van der Waals surface area (Å²) in [6.07, 6.45) is 0. The number of nitrogens with one attached hydrogen (secondary N) is 1. The van der Waals surface area contributed by atoms with Gasteiger partial charge in [-0.05, 0) is 41.6 Å². The molecular weight excluding hydrogens is 310 g/mol. The van der Waals surface area contributed by atoms with Crippen molar-refractivity contribution in [3.63, 3.8) is 0 Å². The Labute approximate surface area is 119 Å². The Morgan fingerprint density at radius 2 is 2.00 bits per heavy atom. The van der Waals surface area contributed by atoms with Gasteiger partial charge in [0.15, 0.2) is 0 Å². The van der Waals surface area contributed by atoms with E-state index in [2.05, 4.69) is 34.2 Å². The molecule has 0 atom stereocenters. The molecule has 0 saturated carbocycles. The smallest absolute Gasteiger partial charge is 0.251 e. The normalized spacial score (nSPS) is 10.3. The average molecular weight is 324 g/mol. The number of rotatable bonds is 4. The SMILES string of the molecule is Cc1ccsc1CNC(=O)c1ccc(CBr)cc1. The summed E-state index contributed by atoms with van der Waals surface area (Å²) < 4.78 is 0. The molecule has 0 aliphatic heterocycles. The van der Waals surface area contributed by atoms with Gasteiger partial charge in [0, 0.05) is 15.8 Å². The molecule has 1 N–H and O–H groups in total. The largest absolute Gasteiger partial charge is 0.347 e. The van der Waals surface area contributed by atoms with Crippen LogP contribution in [-0.2, 0) is 11.9 Å². The summed E-state index contributed by atoms with van der Waals surface area (Å²) >= 11 is 5.06. The number of benzene rings is 1. The molecular formula is C14H14BrNOS. The molecule has 1 amide bonds. The van der Waals surface area contributed by atoms with Crippen molar-refractivity contribution < 1.29 is 4.79 Å². The predicted octanol–water partition coefficient (Wildman–Crippen LogP) is 3.88. The third kappa shape index (κ3) is 3.21. The van der Waals surface area contributed by atoms with E-state index in [9.17, 15) is 4.79 Å². The number of thiophene rings is 1. The van der Waals surface area contributed by atoms with Crippen LogP contribution in [0.3, 0.4) is 0 Å². The van der Waals surface area contributed by atoms with E-state index in [4.69, 9.17) is 0 Å². The molecule has 0 fully saturated rings. The summed E-state index contributed by atoms with van der Waals surface area (Å²) in [5, 5.41) is 5.79. The highest BCUT2D eigenvalue weighted by Gasteiger charge is 2.06. The van der Waals surface area contributed by atoms with Crippen molar-refractivity contribution in [3.05, 3.63) is 57.3 Å². The van der Waals surface area contributed by atoms with Crippen LogP contribution in [0.2, 0.25) is 0 Å². The van der Waals surface area contributed by atoms with Crippen LogP contribution in [-0.4, -0.2) is 5.91 Å². The first-order valence-corrected chi connectivity index (χ1v) is 7.67. The number of amides is 1. The Balaban J connectivity index is 1.97. The van der Waals surface area contributed by atoms with Crippen LogP contribution in [0.25, 0.3) is 0 Å². The van der Waals surface area contributed by atoms with Gasteiger partial charge in [0.1, 0.15) is 0 Å². The minimum absolute atomic E-state index is 0.0241. The number of hydrogen-bond acceptors (Lipinski definition) is 2. The van der Waals surface area contributed by atoms with Gasteiger partial charge in [-0.2, -0.15) is 0 Å². The summed E-state index contributed by atoms with van der Waals surface area (Å²) in [6.45, 7) is 2.66. The molecule has 18 heavy (non-hydrogen) atoms.